The van der Waals surface area contributed by atoms with Gasteiger partial charge in [0.25, 0.3) is 0 Å². The van der Waals surface area contributed by atoms with Crippen molar-refractivity contribution in [1.29, 1.82) is 0 Å². The maximum Gasteiger partial charge on any atom is 0.223 e. The van der Waals surface area contributed by atoms with Crippen molar-refractivity contribution in [3.05, 3.63) is 35.9 Å². The van der Waals surface area contributed by atoms with Crippen LogP contribution in [0.5, 0.6) is 0 Å². The van der Waals surface area contributed by atoms with E-state index >= 15 is 0 Å². The maximum absolute atomic E-state index is 12.5. The lowest BCUT2D eigenvalue weighted by atomic mass is 9.88. The Morgan fingerprint density at radius 1 is 1.29 bits per heavy atom. The number of nitrogens with one attached hydrogen (secondary N) is 1. The van der Waals surface area contributed by atoms with Crippen LogP contribution in [-0.4, -0.2) is 18.5 Å². The Bertz CT molecular complexity index is 432. The first-order chi connectivity index (χ1) is 9.61. The second kappa shape index (κ2) is 8.40. The highest BCUT2D eigenvalue weighted by Gasteiger charge is 2.33. The predicted octanol–water partition coefficient (Wildman–Crippen LogP) is 2.78. The zero-order valence-electron chi connectivity index (χ0n) is 12.9. The molecule has 0 saturated heterocycles. The van der Waals surface area contributed by atoms with Gasteiger partial charge in [-0.05, 0) is 36.7 Å². The quantitative estimate of drug-likeness (QED) is 0.813. The van der Waals surface area contributed by atoms with Crippen LogP contribution in [0.4, 0.5) is 0 Å². The van der Waals surface area contributed by atoms with Crippen LogP contribution < -0.4 is 11.1 Å². The van der Waals surface area contributed by atoms with Crippen LogP contribution in [0.1, 0.15) is 32.3 Å². The molecule has 2 rings (SSSR count). The third-order valence-electron chi connectivity index (χ3n) is 4.21. The minimum atomic E-state index is 0. The van der Waals surface area contributed by atoms with Crippen LogP contribution in [0.15, 0.2) is 30.3 Å². The lowest BCUT2D eigenvalue weighted by molar-refractivity contribution is -0.127. The molecule has 1 amide bonds. The van der Waals surface area contributed by atoms with E-state index in [0.29, 0.717) is 18.4 Å². The molecular weight excluding hydrogens is 284 g/mol. The Hall–Kier alpha value is -1.06. The van der Waals surface area contributed by atoms with E-state index in [0.717, 1.165) is 6.42 Å². The minimum Gasteiger partial charge on any atom is -0.352 e. The van der Waals surface area contributed by atoms with Gasteiger partial charge in [-0.15, -0.1) is 12.4 Å². The van der Waals surface area contributed by atoms with Crippen molar-refractivity contribution >= 4 is 18.3 Å². The highest BCUT2D eigenvalue weighted by Crippen LogP contribution is 2.32. The van der Waals surface area contributed by atoms with E-state index in [9.17, 15) is 4.79 Å². The first kappa shape index (κ1) is 18.0. The van der Waals surface area contributed by atoms with Gasteiger partial charge in [-0.2, -0.15) is 0 Å². The van der Waals surface area contributed by atoms with Crippen molar-refractivity contribution < 1.29 is 4.79 Å². The highest BCUT2D eigenvalue weighted by atomic mass is 35.5. The summed E-state index contributed by atoms with van der Waals surface area (Å²) in [4.78, 5) is 12.5. The summed E-state index contributed by atoms with van der Waals surface area (Å²) in [6.45, 7) is 4.77. The molecule has 21 heavy (non-hydrogen) atoms. The fraction of sp³-hybridized carbons (Fsp3) is 0.588. The number of carbonyl (C=O) groups excluding carboxylic acids is 1. The summed E-state index contributed by atoms with van der Waals surface area (Å²) in [5.74, 6) is 1.11. The maximum atomic E-state index is 12.5. The van der Waals surface area contributed by atoms with Crippen molar-refractivity contribution in [2.24, 2.45) is 23.5 Å². The molecule has 3 nitrogen and oxygen atoms in total. The minimum absolute atomic E-state index is 0. The highest BCUT2D eigenvalue weighted by molar-refractivity contribution is 5.85. The molecule has 118 valence electrons. The van der Waals surface area contributed by atoms with Crippen LogP contribution in [-0.2, 0) is 11.2 Å². The smallest absolute Gasteiger partial charge is 0.223 e. The third-order valence-corrected chi connectivity index (χ3v) is 4.21. The number of halogens is 1. The van der Waals surface area contributed by atoms with Gasteiger partial charge in [-0.1, -0.05) is 44.2 Å². The summed E-state index contributed by atoms with van der Waals surface area (Å²) in [6, 6.07) is 10.4. The second-order valence-electron chi connectivity index (χ2n) is 6.23. The van der Waals surface area contributed by atoms with Gasteiger partial charge in [0.2, 0.25) is 5.91 Å². The molecule has 0 aliphatic heterocycles. The van der Waals surface area contributed by atoms with Gasteiger partial charge in [0.05, 0.1) is 0 Å². The van der Waals surface area contributed by atoms with E-state index in [1.807, 2.05) is 18.2 Å². The summed E-state index contributed by atoms with van der Waals surface area (Å²) < 4.78 is 0. The van der Waals surface area contributed by atoms with Crippen molar-refractivity contribution in [2.75, 3.05) is 6.54 Å². The lowest BCUT2D eigenvalue weighted by Gasteiger charge is -2.24. The molecular formula is C17H27ClN2O. The van der Waals surface area contributed by atoms with Crippen LogP contribution in [0.3, 0.4) is 0 Å². The fourth-order valence-corrected chi connectivity index (χ4v) is 2.66. The van der Waals surface area contributed by atoms with E-state index < -0.39 is 0 Å². The number of hydrogen-bond acceptors (Lipinski definition) is 2. The Morgan fingerprint density at radius 2 is 1.90 bits per heavy atom. The molecule has 0 heterocycles. The molecule has 4 heteroatoms. The Kier molecular flexibility index (Phi) is 7.20. The lowest BCUT2D eigenvalue weighted by Crippen LogP contribution is -2.46. The molecule has 0 bridgehead atoms. The van der Waals surface area contributed by atoms with Gasteiger partial charge in [0, 0.05) is 18.5 Å². The number of rotatable bonds is 7. The normalized spacial score (nSPS) is 17.0. The van der Waals surface area contributed by atoms with Crippen molar-refractivity contribution in [1.82, 2.24) is 5.32 Å². The number of amides is 1. The van der Waals surface area contributed by atoms with Crippen molar-refractivity contribution in [3.8, 4) is 0 Å². The van der Waals surface area contributed by atoms with Crippen molar-refractivity contribution in [2.45, 2.75) is 39.2 Å². The molecule has 1 aliphatic rings. The number of carbonyl (C=O) groups is 1. The molecule has 1 aromatic rings. The number of nitrogens with two attached hydrogens (primary N) is 1. The standard InChI is InChI=1S/C17H26N2O.ClH/c1-12(2)15(10-13-6-4-3-5-7-13)17(20)19-16(11-18)14-8-9-14;/h3-7,12,14-16H,8-11,18H2,1-2H3,(H,19,20);1H. The van der Waals surface area contributed by atoms with Crippen LogP contribution in [0.25, 0.3) is 0 Å². The Labute approximate surface area is 134 Å². The van der Waals surface area contributed by atoms with E-state index in [4.69, 9.17) is 5.73 Å². The van der Waals surface area contributed by atoms with Gasteiger partial charge in [-0.3, -0.25) is 4.79 Å². The number of benzene rings is 1. The molecule has 1 aromatic carbocycles. The molecule has 3 N–H and O–H groups in total. The van der Waals surface area contributed by atoms with Gasteiger partial charge in [0.1, 0.15) is 0 Å². The summed E-state index contributed by atoms with van der Waals surface area (Å²) in [5.41, 5.74) is 7.00. The summed E-state index contributed by atoms with van der Waals surface area (Å²) in [6.07, 6.45) is 3.20. The van der Waals surface area contributed by atoms with E-state index in [1.54, 1.807) is 0 Å². The van der Waals surface area contributed by atoms with Gasteiger partial charge in [0.15, 0.2) is 0 Å². The predicted molar refractivity (Wildman–Crippen MR) is 89.4 cm³/mol. The van der Waals surface area contributed by atoms with Crippen LogP contribution in [0, 0.1) is 17.8 Å². The Morgan fingerprint density at radius 3 is 2.38 bits per heavy atom. The molecule has 2 atom stereocenters. The summed E-state index contributed by atoms with van der Waals surface area (Å²) in [5, 5.41) is 3.17. The van der Waals surface area contributed by atoms with Gasteiger partial charge >= 0.3 is 0 Å². The molecule has 0 aromatic heterocycles. The number of hydrogen-bond donors (Lipinski definition) is 2. The first-order valence-corrected chi connectivity index (χ1v) is 7.66. The molecule has 2 unspecified atom stereocenters. The molecule has 1 saturated carbocycles. The van der Waals surface area contributed by atoms with Crippen molar-refractivity contribution in [3.63, 3.8) is 0 Å². The third kappa shape index (κ3) is 5.33. The zero-order valence-corrected chi connectivity index (χ0v) is 13.7. The molecule has 0 radical (unpaired) electrons. The fourth-order valence-electron chi connectivity index (χ4n) is 2.66. The van der Waals surface area contributed by atoms with E-state index in [1.165, 1.54) is 18.4 Å². The van der Waals surface area contributed by atoms with E-state index in [-0.39, 0.29) is 30.3 Å². The SMILES string of the molecule is CC(C)C(Cc1ccccc1)C(=O)NC(CN)C1CC1.Cl. The Balaban J connectivity index is 0.00000220. The topological polar surface area (TPSA) is 55.1 Å². The molecule has 0 spiro atoms. The summed E-state index contributed by atoms with van der Waals surface area (Å²) >= 11 is 0. The average molecular weight is 311 g/mol. The largest absolute Gasteiger partial charge is 0.352 e. The molecule has 1 fully saturated rings. The summed E-state index contributed by atoms with van der Waals surface area (Å²) in [7, 11) is 0. The van der Waals surface area contributed by atoms with Crippen LogP contribution in [0.2, 0.25) is 0 Å². The van der Waals surface area contributed by atoms with Gasteiger partial charge in [-0.25, -0.2) is 0 Å². The molecule has 1 aliphatic carbocycles. The van der Waals surface area contributed by atoms with Gasteiger partial charge < -0.3 is 11.1 Å². The van der Waals surface area contributed by atoms with Crippen LogP contribution >= 0.6 is 12.4 Å². The second-order valence-corrected chi connectivity index (χ2v) is 6.23. The average Bonchev–Trinajstić information content (AvgIpc) is 3.27. The first-order valence-electron chi connectivity index (χ1n) is 7.66. The zero-order chi connectivity index (χ0) is 14.5. The van der Waals surface area contributed by atoms with E-state index in [2.05, 4.69) is 31.3 Å². The monoisotopic (exact) mass is 310 g/mol.